The highest BCUT2D eigenvalue weighted by Gasteiger charge is 2.36. The van der Waals surface area contributed by atoms with Gasteiger partial charge in [0.25, 0.3) is 0 Å². The van der Waals surface area contributed by atoms with Crippen LogP contribution in [0.5, 0.6) is 0 Å². The highest BCUT2D eigenvalue weighted by atomic mass is 32.1. The zero-order chi connectivity index (χ0) is 20.6. The molecule has 1 atom stereocenters. The second kappa shape index (κ2) is 7.90. The van der Waals surface area contributed by atoms with E-state index in [1.54, 1.807) is 35.1 Å². The molecule has 0 aromatic carbocycles. The third-order valence-electron chi connectivity index (χ3n) is 5.58. The standard InChI is InChI=1S/C21H22N6OS2/c1-26-10-6-23-19(26)21(28)4-2-8-27(9-5-21)20-24-13-16(15-3-11-29-14-15)17(25-20)18-22-7-12-30-18/h3,6-7,10-14,28H,2,4-5,8-9H2,1H3/t21-/m0/s1. The van der Waals surface area contributed by atoms with Gasteiger partial charge >= 0.3 is 0 Å². The van der Waals surface area contributed by atoms with E-state index in [2.05, 4.69) is 31.7 Å². The lowest BCUT2D eigenvalue weighted by Gasteiger charge is -2.26. The Morgan fingerprint density at radius 3 is 2.77 bits per heavy atom. The lowest BCUT2D eigenvalue weighted by molar-refractivity contribution is 0.0129. The maximum absolute atomic E-state index is 11.3. The van der Waals surface area contributed by atoms with Gasteiger partial charge in [-0.15, -0.1) is 11.3 Å². The minimum Gasteiger partial charge on any atom is -0.382 e. The van der Waals surface area contributed by atoms with Gasteiger partial charge in [0.1, 0.15) is 22.1 Å². The molecule has 4 aromatic rings. The molecule has 0 unspecified atom stereocenters. The van der Waals surface area contributed by atoms with Crippen LogP contribution in [-0.4, -0.2) is 42.7 Å². The van der Waals surface area contributed by atoms with Crippen LogP contribution in [0, 0.1) is 0 Å². The molecule has 30 heavy (non-hydrogen) atoms. The molecular formula is C21H22N6OS2. The molecule has 0 radical (unpaired) electrons. The minimum atomic E-state index is -0.929. The Morgan fingerprint density at radius 2 is 2.03 bits per heavy atom. The largest absolute Gasteiger partial charge is 0.382 e. The Balaban J connectivity index is 1.46. The quantitative estimate of drug-likeness (QED) is 0.520. The molecule has 0 bridgehead atoms. The number of hydrogen-bond donors (Lipinski definition) is 1. The summed E-state index contributed by atoms with van der Waals surface area (Å²) in [5.74, 6) is 1.41. The first kappa shape index (κ1) is 19.3. The number of aryl methyl sites for hydroxylation is 1. The molecule has 0 saturated carbocycles. The van der Waals surface area contributed by atoms with Gasteiger partial charge in [-0.1, -0.05) is 0 Å². The van der Waals surface area contributed by atoms with Gasteiger partial charge < -0.3 is 14.6 Å². The van der Waals surface area contributed by atoms with Crippen LogP contribution in [0.1, 0.15) is 25.1 Å². The van der Waals surface area contributed by atoms with E-state index in [0.29, 0.717) is 25.3 Å². The Morgan fingerprint density at radius 1 is 1.10 bits per heavy atom. The number of thiophene rings is 1. The fourth-order valence-corrected chi connectivity index (χ4v) is 5.31. The lowest BCUT2D eigenvalue weighted by Crippen LogP contribution is -2.32. The molecule has 0 aliphatic carbocycles. The number of aromatic nitrogens is 5. The van der Waals surface area contributed by atoms with Crippen LogP contribution in [0.15, 0.2) is 47.0 Å². The molecule has 0 spiro atoms. The number of aliphatic hydroxyl groups is 1. The summed E-state index contributed by atoms with van der Waals surface area (Å²) in [4.78, 5) is 20.7. The molecule has 0 amide bonds. The summed E-state index contributed by atoms with van der Waals surface area (Å²) in [6.45, 7) is 1.46. The van der Waals surface area contributed by atoms with E-state index < -0.39 is 5.60 Å². The molecule has 1 N–H and O–H groups in total. The normalized spacial score (nSPS) is 19.7. The Kier molecular flexibility index (Phi) is 5.10. The van der Waals surface area contributed by atoms with E-state index >= 15 is 0 Å². The summed E-state index contributed by atoms with van der Waals surface area (Å²) in [5, 5.41) is 18.3. The molecule has 9 heteroatoms. The third-order valence-corrected chi connectivity index (χ3v) is 7.04. The molecule has 1 aliphatic rings. The monoisotopic (exact) mass is 438 g/mol. The summed E-state index contributed by atoms with van der Waals surface area (Å²) in [5.41, 5.74) is 2.03. The van der Waals surface area contributed by atoms with Crippen molar-refractivity contribution < 1.29 is 5.11 Å². The number of rotatable bonds is 4. The topological polar surface area (TPSA) is 80.0 Å². The predicted molar refractivity (Wildman–Crippen MR) is 120 cm³/mol. The van der Waals surface area contributed by atoms with Crippen molar-refractivity contribution >= 4 is 28.6 Å². The van der Waals surface area contributed by atoms with Crippen molar-refractivity contribution in [2.75, 3.05) is 18.0 Å². The first-order chi connectivity index (χ1) is 14.6. The minimum absolute atomic E-state index is 0.583. The van der Waals surface area contributed by atoms with E-state index in [1.807, 2.05) is 29.4 Å². The summed E-state index contributed by atoms with van der Waals surface area (Å²) < 4.78 is 1.91. The number of imidazole rings is 1. The number of hydrogen-bond acceptors (Lipinski definition) is 8. The molecule has 154 valence electrons. The van der Waals surface area contributed by atoms with Crippen LogP contribution < -0.4 is 4.90 Å². The van der Waals surface area contributed by atoms with E-state index in [1.165, 1.54) is 0 Å². The van der Waals surface area contributed by atoms with E-state index in [0.717, 1.165) is 40.6 Å². The summed E-state index contributed by atoms with van der Waals surface area (Å²) >= 11 is 3.24. The van der Waals surface area contributed by atoms with Crippen LogP contribution >= 0.6 is 22.7 Å². The molecule has 1 aliphatic heterocycles. The summed E-state index contributed by atoms with van der Waals surface area (Å²) in [6.07, 6.45) is 9.41. The van der Waals surface area contributed by atoms with Gasteiger partial charge in [-0.2, -0.15) is 11.3 Å². The van der Waals surface area contributed by atoms with Crippen molar-refractivity contribution in [2.45, 2.75) is 24.9 Å². The van der Waals surface area contributed by atoms with Gasteiger partial charge in [0.2, 0.25) is 5.95 Å². The number of nitrogens with zero attached hydrogens (tertiary/aromatic N) is 6. The molecule has 5 rings (SSSR count). The highest BCUT2D eigenvalue weighted by Crippen LogP contribution is 2.35. The van der Waals surface area contributed by atoms with Crippen molar-refractivity contribution in [3.63, 3.8) is 0 Å². The fraction of sp³-hybridized carbons (Fsp3) is 0.333. The second-order valence-electron chi connectivity index (χ2n) is 7.52. The van der Waals surface area contributed by atoms with Gasteiger partial charge in [0, 0.05) is 62.3 Å². The third kappa shape index (κ3) is 3.53. The number of thiazole rings is 1. The molecule has 1 saturated heterocycles. The molecule has 7 nitrogen and oxygen atoms in total. The average Bonchev–Trinajstić information content (AvgIpc) is 3.51. The van der Waals surface area contributed by atoms with E-state index in [4.69, 9.17) is 9.97 Å². The Labute approximate surface area is 182 Å². The van der Waals surface area contributed by atoms with Gasteiger partial charge in [-0.05, 0) is 35.2 Å². The molecular weight excluding hydrogens is 416 g/mol. The van der Waals surface area contributed by atoms with E-state index in [-0.39, 0.29) is 0 Å². The van der Waals surface area contributed by atoms with Gasteiger partial charge in [-0.3, -0.25) is 0 Å². The predicted octanol–water partition coefficient (Wildman–Crippen LogP) is 3.94. The SMILES string of the molecule is Cn1ccnc1[C@]1(O)CCCN(c2ncc(-c3ccsc3)c(-c3nccs3)n2)CC1. The zero-order valence-electron chi connectivity index (χ0n) is 16.6. The first-order valence-electron chi connectivity index (χ1n) is 9.89. The second-order valence-corrected chi connectivity index (χ2v) is 9.19. The molecule has 1 fully saturated rings. The van der Waals surface area contributed by atoms with Crippen molar-refractivity contribution in [3.8, 4) is 21.8 Å². The number of anilines is 1. The van der Waals surface area contributed by atoms with Crippen LogP contribution in [-0.2, 0) is 12.6 Å². The van der Waals surface area contributed by atoms with Gasteiger partial charge in [-0.25, -0.2) is 19.9 Å². The van der Waals surface area contributed by atoms with Crippen LogP contribution in [0.2, 0.25) is 0 Å². The summed E-state index contributed by atoms with van der Waals surface area (Å²) in [7, 11) is 1.93. The average molecular weight is 439 g/mol. The van der Waals surface area contributed by atoms with Crippen molar-refractivity contribution in [3.05, 3.63) is 52.8 Å². The lowest BCUT2D eigenvalue weighted by atomic mass is 9.94. The fourth-order valence-electron chi connectivity index (χ4n) is 4.01. The van der Waals surface area contributed by atoms with Crippen LogP contribution in [0.3, 0.4) is 0 Å². The Bertz CT molecular complexity index is 1120. The Hall–Kier alpha value is -2.62. The van der Waals surface area contributed by atoms with Gasteiger partial charge in [0.15, 0.2) is 0 Å². The first-order valence-corrected chi connectivity index (χ1v) is 11.7. The maximum Gasteiger partial charge on any atom is 0.225 e. The smallest absolute Gasteiger partial charge is 0.225 e. The molecule has 5 heterocycles. The maximum atomic E-state index is 11.3. The van der Waals surface area contributed by atoms with Crippen molar-refractivity contribution in [1.29, 1.82) is 0 Å². The van der Waals surface area contributed by atoms with Crippen LogP contribution in [0.4, 0.5) is 5.95 Å². The highest BCUT2D eigenvalue weighted by molar-refractivity contribution is 7.13. The van der Waals surface area contributed by atoms with Crippen LogP contribution in [0.25, 0.3) is 21.8 Å². The van der Waals surface area contributed by atoms with E-state index in [9.17, 15) is 5.11 Å². The van der Waals surface area contributed by atoms with Gasteiger partial charge in [0.05, 0.1) is 0 Å². The van der Waals surface area contributed by atoms with Crippen molar-refractivity contribution in [2.24, 2.45) is 7.05 Å². The van der Waals surface area contributed by atoms with Crippen molar-refractivity contribution in [1.82, 2.24) is 24.5 Å². The zero-order valence-corrected chi connectivity index (χ0v) is 18.2. The molecule has 4 aromatic heterocycles. The summed E-state index contributed by atoms with van der Waals surface area (Å²) in [6, 6.07) is 2.08.